The van der Waals surface area contributed by atoms with Crippen LogP contribution in [0.3, 0.4) is 0 Å². The lowest BCUT2D eigenvalue weighted by atomic mass is 10.1. The van der Waals surface area contributed by atoms with Crippen LogP contribution in [0.4, 0.5) is 18.9 Å². The molecule has 4 aromatic rings. The number of carbonyl (C=O) groups excluding carboxylic acids is 1. The van der Waals surface area contributed by atoms with Crippen molar-refractivity contribution in [2.75, 3.05) is 11.1 Å². The number of H-pyrrole nitrogens is 1. The third kappa shape index (κ3) is 4.09. The first kappa shape index (κ1) is 20.1. The second kappa shape index (κ2) is 7.94. The fraction of sp³-hybridized carbons (Fsp3) is 0.200. The predicted octanol–water partition coefficient (Wildman–Crippen LogP) is 4.82. The van der Waals surface area contributed by atoms with E-state index in [0.29, 0.717) is 11.2 Å². The molecule has 154 valence electrons. The number of carbonyl (C=O) groups is 1. The van der Waals surface area contributed by atoms with Crippen LogP contribution in [0.2, 0.25) is 0 Å². The minimum Gasteiger partial charge on any atom is -0.338 e. The lowest BCUT2D eigenvalue weighted by Crippen LogP contribution is -2.18. The van der Waals surface area contributed by atoms with Crippen molar-refractivity contribution in [1.29, 1.82) is 0 Å². The van der Waals surface area contributed by atoms with E-state index in [2.05, 4.69) is 32.4 Å². The summed E-state index contributed by atoms with van der Waals surface area (Å²) in [6.45, 7) is 2.06. The Labute approximate surface area is 173 Å². The maximum absolute atomic E-state index is 13.0. The Morgan fingerprint density at radius 1 is 1.17 bits per heavy atom. The van der Waals surface area contributed by atoms with Crippen molar-refractivity contribution in [3.8, 4) is 0 Å². The van der Waals surface area contributed by atoms with Crippen molar-refractivity contribution in [3.05, 3.63) is 53.6 Å². The third-order valence-electron chi connectivity index (χ3n) is 4.51. The highest BCUT2D eigenvalue weighted by molar-refractivity contribution is 7.99. The van der Waals surface area contributed by atoms with Crippen LogP contribution >= 0.6 is 11.8 Å². The minimum absolute atomic E-state index is 0.153. The molecule has 0 fully saturated rings. The second-order valence-electron chi connectivity index (χ2n) is 6.53. The third-order valence-corrected chi connectivity index (χ3v) is 5.34. The number of nitrogens with zero attached hydrogens (tertiary/aromatic N) is 3. The predicted molar refractivity (Wildman–Crippen MR) is 109 cm³/mol. The highest BCUT2D eigenvalue weighted by Gasteiger charge is 2.33. The summed E-state index contributed by atoms with van der Waals surface area (Å²) in [7, 11) is 0. The number of hydrogen-bond donors (Lipinski definition) is 2. The van der Waals surface area contributed by atoms with Gasteiger partial charge in [-0.15, -0.1) is 10.2 Å². The number of halogens is 3. The van der Waals surface area contributed by atoms with Gasteiger partial charge in [-0.25, -0.2) is 4.98 Å². The molecule has 0 saturated heterocycles. The number of thioether (sulfide) groups is 1. The van der Waals surface area contributed by atoms with Crippen molar-refractivity contribution >= 4 is 45.4 Å². The first-order valence-electron chi connectivity index (χ1n) is 9.09. The number of amides is 1. The zero-order valence-corrected chi connectivity index (χ0v) is 16.6. The molecule has 1 amide bonds. The molecule has 0 saturated carbocycles. The average molecular weight is 431 g/mol. The highest BCUT2D eigenvalue weighted by Crippen LogP contribution is 2.34. The number of rotatable bonds is 5. The van der Waals surface area contributed by atoms with Gasteiger partial charge in [-0.1, -0.05) is 36.9 Å². The van der Waals surface area contributed by atoms with E-state index in [1.54, 1.807) is 0 Å². The van der Waals surface area contributed by atoms with E-state index in [-0.39, 0.29) is 16.6 Å². The molecule has 10 heteroatoms. The SMILES string of the molecule is CCc1ccc2[nH]c3nc(SCC(=O)Nc4ccccc4C(F)(F)F)nnc3c2c1. The quantitative estimate of drug-likeness (QED) is 0.443. The summed E-state index contributed by atoms with van der Waals surface area (Å²) < 4.78 is 39.1. The van der Waals surface area contributed by atoms with E-state index >= 15 is 0 Å². The highest BCUT2D eigenvalue weighted by atomic mass is 32.2. The molecule has 0 radical (unpaired) electrons. The summed E-state index contributed by atoms with van der Waals surface area (Å²) in [6, 6.07) is 10.8. The Bertz CT molecular complexity index is 1240. The molecule has 6 nitrogen and oxygen atoms in total. The molecule has 2 aromatic heterocycles. The number of alkyl halides is 3. The van der Waals surface area contributed by atoms with E-state index in [4.69, 9.17) is 0 Å². The maximum Gasteiger partial charge on any atom is 0.418 e. The molecule has 0 aliphatic rings. The molecule has 4 rings (SSSR count). The van der Waals surface area contributed by atoms with Crippen LogP contribution in [-0.4, -0.2) is 31.8 Å². The van der Waals surface area contributed by atoms with Gasteiger partial charge in [0.05, 0.1) is 17.0 Å². The van der Waals surface area contributed by atoms with Crippen LogP contribution in [0.1, 0.15) is 18.1 Å². The molecular weight excluding hydrogens is 415 g/mol. The lowest BCUT2D eigenvalue weighted by Gasteiger charge is -2.13. The number of benzene rings is 2. The fourth-order valence-electron chi connectivity index (χ4n) is 3.04. The van der Waals surface area contributed by atoms with Gasteiger partial charge in [-0.3, -0.25) is 4.79 Å². The van der Waals surface area contributed by atoms with Gasteiger partial charge >= 0.3 is 6.18 Å². The summed E-state index contributed by atoms with van der Waals surface area (Å²) in [5, 5.41) is 11.7. The topological polar surface area (TPSA) is 83.6 Å². The Morgan fingerprint density at radius 2 is 1.97 bits per heavy atom. The molecule has 2 N–H and O–H groups in total. The Kier molecular flexibility index (Phi) is 5.33. The van der Waals surface area contributed by atoms with Crippen molar-refractivity contribution < 1.29 is 18.0 Å². The van der Waals surface area contributed by atoms with E-state index in [0.717, 1.165) is 35.2 Å². The molecule has 0 spiro atoms. The van der Waals surface area contributed by atoms with E-state index in [1.165, 1.54) is 23.8 Å². The van der Waals surface area contributed by atoms with Crippen LogP contribution in [0.15, 0.2) is 47.6 Å². The lowest BCUT2D eigenvalue weighted by molar-refractivity contribution is -0.137. The molecule has 0 atom stereocenters. The number of aryl methyl sites for hydroxylation is 1. The number of aromatic nitrogens is 4. The number of para-hydroxylation sites is 1. The number of aromatic amines is 1. The first-order valence-corrected chi connectivity index (χ1v) is 10.1. The van der Waals surface area contributed by atoms with Gasteiger partial charge in [0.2, 0.25) is 11.1 Å². The molecule has 2 heterocycles. The average Bonchev–Trinajstić information content (AvgIpc) is 3.08. The Balaban J connectivity index is 1.49. The fourth-order valence-corrected chi connectivity index (χ4v) is 3.63. The van der Waals surface area contributed by atoms with E-state index in [1.807, 2.05) is 18.2 Å². The second-order valence-corrected chi connectivity index (χ2v) is 7.47. The van der Waals surface area contributed by atoms with Gasteiger partial charge in [0.25, 0.3) is 0 Å². The van der Waals surface area contributed by atoms with Gasteiger partial charge in [-0.05, 0) is 36.2 Å². The largest absolute Gasteiger partial charge is 0.418 e. The van der Waals surface area contributed by atoms with Gasteiger partial charge < -0.3 is 10.3 Å². The van der Waals surface area contributed by atoms with Crippen molar-refractivity contribution in [2.24, 2.45) is 0 Å². The first-order chi connectivity index (χ1) is 14.3. The molecule has 30 heavy (non-hydrogen) atoms. The summed E-state index contributed by atoms with van der Waals surface area (Å²) >= 11 is 0.996. The van der Waals surface area contributed by atoms with Gasteiger partial charge in [0, 0.05) is 10.9 Å². The van der Waals surface area contributed by atoms with Crippen molar-refractivity contribution in [2.45, 2.75) is 24.7 Å². The number of hydrogen-bond acceptors (Lipinski definition) is 5. The van der Waals surface area contributed by atoms with Crippen molar-refractivity contribution in [3.63, 3.8) is 0 Å². The molecular formula is C20H16F3N5OS. The number of nitrogens with one attached hydrogen (secondary N) is 2. The molecule has 0 aliphatic carbocycles. The van der Waals surface area contributed by atoms with Crippen LogP contribution in [0.5, 0.6) is 0 Å². The normalized spacial score (nSPS) is 11.9. The maximum atomic E-state index is 13.0. The molecule has 0 aliphatic heterocycles. The monoisotopic (exact) mass is 431 g/mol. The van der Waals surface area contributed by atoms with Gasteiger partial charge in [0.15, 0.2) is 5.65 Å². The summed E-state index contributed by atoms with van der Waals surface area (Å²) in [5.41, 5.74) is 2.04. The molecule has 0 unspecified atom stereocenters. The summed E-state index contributed by atoms with van der Waals surface area (Å²) in [4.78, 5) is 19.7. The van der Waals surface area contributed by atoms with Crippen LogP contribution < -0.4 is 5.32 Å². The number of anilines is 1. The summed E-state index contributed by atoms with van der Waals surface area (Å²) in [5.74, 6) is -0.746. The standard InChI is InChI=1S/C20H16F3N5OS/c1-2-11-7-8-14-12(9-11)17-18(25-14)26-19(28-27-17)30-10-16(29)24-15-6-4-3-5-13(15)20(21,22)23/h3-9H,2,10H2,1H3,(H,24,29)(H,25,26,28). The summed E-state index contributed by atoms with van der Waals surface area (Å²) in [6.07, 6.45) is -3.66. The van der Waals surface area contributed by atoms with Gasteiger partial charge in [0.1, 0.15) is 5.52 Å². The van der Waals surface area contributed by atoms with E-state index < -0.39 is 17.6 Å². The van der Waals surface area contributed by atoms with Crippen molar-refractivity contribution in [1.82, 2.24) is 20.2 Å². The van der Waals surface area contributed by atoms with Crippen LogP contribution in [-0.2, 0) is 17.4 Å². The minimum atomic E-state index is -4.55. The van der Waals surface area contributed by atoms with Crippen LogP contribution in [0, 0.1) is 0 Å². The van der Waals surface area contributed by atoms with E-state index in [9.17, 15) is 18.0 Å². The Hall–Kier alpha value is -3.14. The number of fused-ring (bicyclic) bond motifs is 3. The molecule has 2 aromatic carbocycles. The Morgan fingerprint density at radius 3 is 2.73 bits per heavy atom. The zero-order chi connectivity index (χ0) is 21.3. The van der Waals surface area contributed by atoms with Gasteiger partial charge in [-0.2, -0.15) is 13.2 Å². The van der Waals surface area contributed by atoms with Crippen LogP contribution in [0.25, 0.3) is 22.1 Å². The molecule has 0 bridgehead atoms. The smallest absolute Gasteiger partial charge is 0.338 e. The zero-order valence-electron chi connectivity index (χ0n) is 15.7.